The Morgan fingerprint density at radius 1 is 0.800 bits per heavy atom. The highest BCUT2D eigenvalue weighted by atomic mass is 16.5. The van der Waals surface area contributed by atoms with E-state index >= 15 is 0 Å². The molecule has 25 heavy (non-hydrogen) atoms. The molecule has 4 rings (SSSR count). The number of hydrogen-bond acceptors (Lipinski definition) is 2. The lowest BCUT2D eigenvalue weighted by atomic mass is 9.86. The van der Waals surface area contributed by atoms with E-state index in [9.17, 15) is 5.26 Å². The molecule has 2 nitrogen and oxygen atoms in total. The van der Waals surface area contributed by atoms with Crippen LogP contribution in [0.2, 0.25) is 0 Å². The van der Waals surface area contributed by atoms with Crippen molar-refractivity contribution in [2.24, 2.45) is 0 Å². The zero-order chi connectivity index (χ0) is 17.2. The van der Waals surface area contributed by atoms with Crippen LogP contribution in [-0.4, -0.2) is 7.11 Å². The first-order valence-electron chi connectivity index (χ1n) is 8.26. The Bertz CT molecular complexity index is 1090. The summed E-state index contributed by atoms with van der Waals surface area (Å²) in [6.45, 7) is 0. The number of nitriles is 1. The van der Waals surface area contributed by atoms with Gasteiger partial charge in [-0.15, -0.1) is 0 Å². The summed E-state index contributed by atoms with van der Waals surface area (Å²) in [6.07, 6.45) is 0. The fraction of sp³-hybridized carbons (Fsp3) is 0.0870. The maximum Gasteiger partial charge on any atom is 0.118 e. The summed E-state index contributed by atoms with van der Waals surface area (Å²) in [7, 11) is 1.65. The number of benzene rings is 4. The van der Waals surface area contributed by atoms with E-state index < -0.39 is 0 Å². The number of ether oxygens (including phenoxy) is 1. The minimum absolute atomic E-state index is 0.319. The molecule has 120 valence electrons. The Labute approximate surface area is 146 Å². The van der Waals surface area contributed by atoms with Gasteiger partial charge in [-0.1, -0.05) is 60.7 Å². The van der Waals surface area contributed by atoms with E-state index in [2.05, 4.69) is 42.5 Å². The van der Waals surface area contributed by atoms with Gasteiger partial charge in [0, 0.05) is 0 Å². The predicted molar refractivity (Wildman–Crippen MR) is 102 cm³/mol. The number of hydrogen-bond donors (Lipinski definition) is 0. The van der Waals surface area contributed by atoms with Crippen molar-refractivity contribution >= 4 is 21.5 Å². The lowest BCUT2D eigenvalue weighted by Crippen LogP contribution is -2.00. The Balaban J connectivity index is 1.98. The molecule has 2 heteroatoms. The Morgan fingerprint density at radius 2 is 1.44 bits per heavy atom. The SMILES string of the molecule is COc1ccc(C(C#N)c2cc3ccccc3c3ccccc23)cc1. The molecule has 4 aromatic carbocycles. The molecule has 0 heterocycles. The van der Waals surface area contributed by atoms with E-state index in [0.29, 0.717) is 0 Å². The molecule has 0 aliphatic heterocycles. The van der Waals surface area contributed by atoms with E-state index in [-0.39, 0.29) is 5.92 Å². The lowest BCUT2D eigenvalue weighted by molar-refractivity contribution is 0.414. The van der Waals surface area contributed by atoms with Crippen molar-refractivity contribution in [3.8, 4) is 11.8 Å². The average Bonchev–Trinajstić information content (AvgIpc) is 2.69. The van der Waals surface area contributed by atoms with Crippen LogP contribution in [0.3, 0.4) is 0 Å². The molecule has 0 saturated heterocycles. The Kier molecular flexibility index (Phi) is 3.84. The van der Waals surface area contributed by atoms with Gasteiger partial charge in [-0.2, -0.15) is 5.26 Å². The minimum Gasteiger partial charge on any atom is -0.497 e. The van der Waals surface area contributed by atoms with Crippen molar-refractivity contribution < 1.29 is 4.74 Å². The first kappa shape index (κ1) is 15.2. The summed E-state index contributed by atoms with van der Waals surface area (Å²) in [5, 5.41) is 14.6. The van der Waals surface area contributed by atoms with E-state index in [1.165, 1.54) is 10.8 Å². The molecule has 0 aliphatic rings. The number of methoxy groups -OCH3 is 1. The van der Waals surface area contributed by atoms with Crippen LogP contribution in [0, 0.1) is 11.3 Å². The zero-order valence-electron chi connectivity index (χ0n) is 13.9. The summed E-state index contributed by atoms with van der Waals surface area (Å²) >= 11 is 0. The first-order valence-corrected chi connectivity index (χ1v) is 8.26. The molecule has 0 bridgehead atoms. The zero-order valence-corrected chi connectivity index (χ0v) is 13.9. The third kappa shape index (κ3) is 2.60. The van der Waals surface area contributed by atoms with Gasteiger partial charge in [0.1, 0.15) is 5.75 Å². The van der Waals surface area contributed by atoms with Crippen molar-refractivity contribution in [2.45, 2.75) is 5.92 Å². The molecule has 0 fully saturated rings. The van der Waals surface area contributed by atoms with Gasteiger partial charge >= 0.3 is 0 Å². The highest BCUT2D eigenvalue weighted by molar-refractivity contribution is 6.09. The van der Waals surface area contributed by atoms with Crippen LogP contribution < -0.4 is 4.74 Å². The molecule has 0 N–H and O–H groups in total. The quantitative estimate of drug-likeness (QED) is 0.456. The molecule has 0 spiro atoms. The molecule has 0 saturated carbocycles. The van der Waals surface area contributed by atoms with Crippen LogP contribution >= 0.6 is 0 Å². The average molecular weight is 323 g/mol. The largest absolute Gasteiger partial charge is 0.497 e. The third-order valence-electron chi connectivity index (χ3n) is 4.69. The van der Waals surface area contributed by atoms with Crippen LogP contribution in [0.1, 0.15) is 17.0 Å². The van der Waals surface area contributed by atoms with Gasteiger partial charge in [0.25, 0.3) is 0 Å². The second-order valence-corrected chi connectivity index (χ2v) is 6.07. The second kappa shape index (κ2) is 6.30. The number of nitrogens with zero attached hydrogens (tertiary/aromatic N) is 1. The van der Waals surface area contributed by atoms with Gasteiger partial charge in [-0.25, -0.2) is 0 Å². The van der Waals surface area contributed by atoms with E-state index in [1.54, 1.807) is 7.11 Å². The lowest BCUT2D eigenvalue weighted by Gasteiger charge is -2.16. The molecule has 0 aliphatic carbocycles. The minimum atomic E-state index is -0.319. The van der Waals surface area contributed by atoms with Gasteiger partial charge in [-0.05, 0) is 50.9 Å². The third-order valence-corrected chi connectivity index (χ3v) is 4.69. The Morgan fingerprint density at radius 3 is 2.12 bits per heavy atom. The van der Waals surface area contributed by atoms with Crippen LogP contribution in [0.5, 0.6) is 5.75 Å². The van der Waals surface area contributed by atoms with E-state index in [1.807, 2.05) is 42.5 Å². The summed E-state index contributed by atoms with van der Waals surface area (Å²) in [6, 6.07) is 29.0. The number of fused-ring (bicyclic) bond motifs is 3. The van der Waals surface area contributed by atoms with Crippen molar-refractivity contribution in [1.82, 2.24) is 0 Å². The van der Waals surface area contributed by atoms with Crippen LogP contribution in [0.25, 0.3) is 21.5 Å². The van der Waals surface area contributed by atoms with Gasteiger partial charge in [0.15, 0.2) is 0 Å². The van der Waals surface area contributed by atoms with E-state index in [4.69, 9.17) is 4.74 Å². The van der Waals surface area contributed by atoms with Gasteiger partial charge in [0.05, 0.1) is 19.1 Å². The monoisotopic (exact) mass is 323 g/mol. The molecular weight excluding hydrogens is 306 g/mol. The van der Waals surface area contributed by atoms with Gasteiger partial charge in [-0.3, -0.25) is 0 Å². The fourth-order valence-corrected chi connectivity index (χ4v) is 3.44. The molecule has 1 atom stereocenters. The normalized spacial score (nSPS) is 12.0. The smallest absolute Gasteiger partial charge is 0.118 e. The predicted octanol–water partition coefficient (Wildman–Crippen LogP) is 5.66. The van der Waals surface area contributed by atoms with Crippen LogP contribution in [0.15, 0.2) is 78.9 Å². The molecular formula is C23H17NO. The van der Waals surface area contributed by atoms with Crippen LogP contribution in [-0.2, 0) is 0 Å². The van der Waals surface area contributed by atoms with Crippen molar-refractivity contribution in [2.75, 3.05) is 7.11 Å². The summed E-state index contributed by atoms with van der Waals surface area (Å²) in [4.78, 5) is 0. The summed E-state index contributed by atoms with van der Waals surface area (Å²) in [5.74, 6) is 0.476. The van der Waals surface area contributed by atoms with E-state index in [0.717, 1.165) is 27.6 Å². The van der Waals surface area contributed by atoms with Crippen molar-refractivity contribution in [1.29, 1.82) is 5.26 Å². The van der Waals surface area contributed by atoms with Crippen LogP contribution in [0.4, 0.5) is 0 Å². The highest BCUT2D eigenvalue weighted by Crippen LogP contribution is 2.35. The van der Waals surface area contributed by atoms with Gasteiger partial charge < -0.3 is 4.74 Å². The molecule has 0 aromatic heterocycles. The highest BCUT2D eigenvalue weighted by Gasteiger charge is 2.18. The molecule has 0 amide bonds. The van der Waals surface area contributed by atoms with Crippen molar-refractivity contribution in [3.63, 3.8) is 0 Å². The molecule has 4 aromatic rings. The first-order chi connectivity index (χ1) is 12.3. The van der Waals surface area contributed by atoms with Crippen molar-refractivity contribution in [3.05, 3.63) is 90.0 Å². The standard InChI is InChI=1S/C23H17NO/c1-25-18-12-10-16(11-13-18)23(15-24)22-14-17-6-2-3-7-19(17)20-8-4-5-9-21(20)22/h2-14,23H,1H3. The second-order valence-electron chi connectivity index (χ2n) is 6.07. The molecule has 1 unspecified atom stereocenters. The Hall–Kier alpha value is -3.31. The molecule has 0 radical (unpaired) electrons. The van der Waals surface area contributed by atoms with Gasteiger partial charge in [0.2, 0.25) is 0 Å². The number of rotatable bonds is 3. The summed E-state index contributed by atoms with van der Waals surface area (Å²) < 4.78 is 5.23. The maximum absolute atomic E-state index is 9.91. The summed E-state index contributed by atoms with van der Waals surface area (Å²) in [5.41, 5.74) is 2.02. The maximum atomic E-state index is 9.91. The fourth-order valence-electron chi connectivity index (χ4n) is 3.44. The topological polar surface area (TPSA) is 33.0 Å².